The van der Waals surface area contributed by atoms with Gasteiger partial charge in [0.25, 0.3) is 0 Å². The number of hydrogen-bond acceptors (Lipinski definition) is 3. The van der Waals surface area contributed by atoms with E-state index < -0.39 is 10.0 Å². The molecule has 0 saturated heterocycles. The van der Waals surface area contributed by atoms with E-state index in [9.17, 15) is 8.42 Å². The third-order valence-corrected chi connectivity index (χ3v) is 5.53. The summed E-state index contributed by atoms with van der Waals surface area (Å²) in [6.07, 6.45) is 0.734. The predicted molar refractivity (Wildman–Crippen MR) is 83.9 cm³/mol. The van der Waals surface area contributed by atoms with Crippen LogP contribution in [0.2, 0.25) is 10.0 Å². The number of halogens is 2. The molecule has 0 heterocycles. The average molecular weight is 339 g/mol. The van der Waals surface area contributed by atoms with Crippen LogP contribution in [-0.4, -0.2) is 32.9 Å². The molecule has 0 saturated carbocycles. The summed E-state index contributed by atoms with van der Waals surface area (Å²) in [5.74, 6) is 0. The van der Waals surface area contributed by atoms with Crippen molar-refractivity contribution in [2.75, 3.05) is 20.1 Å². The van der Waals surface area contributed by atoms with E-state index in [2.05, 4.69) is 5.32 Å². The van der Waals surface area contributed by atoms with E-state index in [-0.39, 0.29) is 9.92 Å². The van der Waals surface area contributed by atoms with E-state index in [1.165, 1.54) is 10.4 Å². The van der Waals surface area contributed by atoms with Crippen molar-refractivity contribution in [3.05, 3.63) is 27.7 Å². The molecule has 20 heavy (non-hydrogen) atoms. The van der Waals surface area contributed by atoms with Crippen LogP contribution in [0, 0.1) is 0 Å². The third-order valence-electron chi connectivity index (χ3n) is 2.87. The lowest BCUT2D eigenvalue weighted by atomic mass is 10.2. The van der Waals surface area contributed by atoms with Crippen molar-refractivity contribution in [3.63, 3.8) is 0 Å². The van der Waals surface area contributed by atoms with E-state index in [1.54, 1.807) is 13.1 Å². The van der Waals surface area contributed by atoms with Crippen LogP contribution >= 0.6 is 23.2 Å². The quantitative estimate of drug-likeness (QED) is 0.830. The Morgan fingerprint density at radius 1 is 1.25 bits per heavy atom. The van der Waals surface area contributed by atoms with E-state index in [4.69, 9.17) is 23.2 Å². The molecule has 0 spiro atoms. The molecule has 0 radical (unpaired) electrons. The number of nitrogens with one attached hydrogen (secondary N) is 1. The van der Waals surface area contributed by atoms with Crippen LogP contribution < -0.4 is 5.32 Å². The predicted octanol–water partition coefficient (Wildman–Crippen LogP) is 3.13. The van der Waals surface area contributed by atoms with Crippen LogP contribution in [0.1, 0.15) is 25.8 Å². The van der Waals surface area contributed by atoms with Gasteiger partial charge in [-0.15, -0.1) is 0 Å². The SMILES string of the molecule is CCCN(C)S(=O)(=O)c1cc(Cl)cc(CNCC)c1Cl. The van der Waals surface area contributed by atoms with E-state index in [0.717, 1.165) is 13.0 Å². The molecular formula is C13H20Cl2N2O2S. The standard InChI is InChI=1S/C13H20Cl2N2O2S/c1-4-6-17(3)20(18,19)12-8-11(14)7-10(13(12)15)9-16-5-2/h7-8,16H,4-6,9H2,1-3H3. The molecule has 0 bridgehead atoms. The number of nitrogens with zero attached hydrogens (tertiary/aromatic N) is 1. The molecule has 1 aromatic rings. The number of benzene rings is 1. The van der Waals surface area contributed by atoms with Crippen LogP contribution in [0.4, 0.5) is 0 Å². The molecule has 0 aromatic heterocycles. The zero-order valence-electron chi connectivity index (χ0n) is 11.9. The summed E-state index contributed by atoms with van der Waals surface area (Å²) in [5, 5.41) is 3.72. The molecule has 0 atom stereocenters. The first-order valence-electron chi connectivity index (χ1n) is 6.49. The van der Waals surface area contributed by atoms with Gasteiger partial charge in [0.05, 0.1) is 5.02 Å². The van der Waals surface area contributed by atoms with Crippen molar-refractivity contribution >= 4 is 33.2 Å². The van der Waals surface area contributed by atoms with Gasteiger partial charge in [0, 0.05) is 25.2 Å². The highest BCUT2D eigenvalue weighted by atomic mass is 35.5. The van der Waals surface area contributed by atoms with E-state index >= 15 is 0 Å². The van der Waals surface area contributed by atoms with Gasteiger partial charge in [0.1, 0.15) is 4.90 Å². The van der Waals surface area contributed by atoms with Crippen molar-refractivity contribution in [1.82, 2.24) is 9.62 Å². The smallest absolute Gasteiger partial charge is 0.244 e. The first-order chi connectivity index (χ1) is 9.34. The summed E-state index contributed by atoms with van der Waals surface area (Å²) in [7, 11) is -2.07. The summed E-state index contributed by atoms with van der Waals surface area (Å²) in [6.45, 7) is 5.57. The van der Waals surface area contributed by atoms with Crippen molar-refractivity contribution < 1.29 is 8.42 Å². The maximum Gasteiger partial charge on any atom is 0.244 e. The van der Waals surface area contributed by atoms with Gasteiger partial charge in [-0.2, -0.15) is 0 Å². The molecular weight excluding hydrogens is 319 g/mol. The largest absolute Gasteiger partial charge is 0.313 e. The van der Waals surface area contributed by atoms with Gasteiger partial charge in [-0.25, -0.2) is 12.7 Å². The highest BCUT2D eigenvalue weighted by molar-refractivity contribution is 7.89. The monoisotopic (exact) mass is 338 g/mol. The molecule has 0 aliphatic carbocycles. The Balaban J connectivity index is 3.27. The van der Waals surface area contributed by atoms with Gasteiger partial charge in [0.2, 0.25) is 10.0 Å². The Morgan fingerprint density at radius 2 is 1.90 bits per heavy atom. The van der Waals surface area contributed by atoms with E-state index in [1.807, 2.05) is 13.8 Å². The van der Waals surface area contributed by atoms with Crippen molar-refractivity contribution in [2.45, 2.75) is 31.7 Å². The first kappa shape index (κ1) is 17.7. The lowest BCUT2D eigenvalue weighted by Gasteiger charge is -2.18. The maximum atomic E-state index is 12.5. The zero-order valence-corrected chi connectivity index (χ0v) is 14.2. The van der Waals surface area contributed by atoms with Crippen LogP contribution in [0.3, 0.4) is 0 Å². The molecule has 0 aliphatic heterocycles. The number of rotatable bonds is 7. The van der Waals surface area contributed by atoms with Gasteiger partial charge in [0.15, 0.2) is 0 Å². The lowest BCUT2D eigenvalue weighted by Crippen LogP contribution is -2.28. The number of sulfonamides is 1. The van der Waals surface area contributed by atoms with E-state index in [0.29, 0.717) is 23.7 Å². The maximum absolute atomic E-state index is 12.5. The van der Waals surface area contributed by atoms with Gasteiger partial charge < -0.3 is 5.32 Å². The molecule has 1 rings (SSSR count). The minimum Gasteiger partial charge on any atom is -0.313 e. The third kappa shape index (κ3) is 4.09. The van der Waals surface area contributed by atoms with Crippen LogP contribution in [0.15, 0.2) is 17.0 Å². The highest BCUT2D eigenvalue weighted by Crippen LogP contribution is 2.31. The summed E-state index contributed by atoms with van der Waals surface area (Å²) in [4.78, 5) is 0.0653. The summed E-state index contributed by atoms with van der Waals surface area (Å²) < 4.78 is 26.3. The lowest BCUT2D eigenvalue weighted by molar-refractivity contribution is 0.468. The van der Waals surface area contributed by atoms with Gasteiger partial charge in [-0.3, -0.25) is 0 Å². The Kier molecular flexibility index (Phi) is 6.75. The Labute approximate surface area is 131 Å². The molecule has 0 aliphatic rings. The average Bonchev–Trinajstić information content (AvgIpc) is 2.39. The molecule has 1 N–H and O–H groups in total. The van der Waals surface area contributed by atoms with Gasteiger partial charge >= 0.3 is 0 Å². The summed E-state index contributed by atoms with van der Waals surface area (Å²) in [6, 6.07) is 3.09. The van der Waals surface area contributed by atoms with Crippen LogP contribution in [0.5, 0.6) is 0 Å². The Morgan fingerprint density at radius 3 is 2.45 bits per heavy atom. The molecule has 114 valence electrons. The molecule has 1 aromatic carbocycles. The van der Waals surface area contributed by atoms with Gasteiger partial charge in [-0.1, -0.05) is 37.0 Å². The fraction of sp³-hybridized carbons (Fsp3) is 0.538. The second-order valence-electron chi connectivity index (χ2n) is 4.48. The topological polar surface area (TPSA) is 49.4 Å². The Hall–Kier alpha value is -0.330. The molecule has 4 nitrogen and oxygen atoms in total. The normalized spacial score (nSPS) is 12.1. The van der Waals surface area contributed by atoms with Crippen molar-refractivity contribution in [3.8, 4) is 0 Å². The fourth-order valence-electron chi connectivity index (χ4n) is 1.80. The Bertz CT molecular complexity index is 562. The molecule has 0 fully saturated rings. The second kappa shape index (κ2) is 7.61. The van der Waals surface area contributed by atoms with Crippen LogP contribution in [-0.2, 0) is 16.6 Å². The molecule has 0 amide bonds. The molecule has 0 unspecified atom stereocenters. The minimum absolute atomic E-state index is 0.0653. The summed E-state index contributed by atoms with van der Waals surface area (Å²) >= 11 is 12.3. The van der Waals surface area contributed by atoms with Crippen molar-refractivity contribution in [2.24, 2.45) is 0 Å². The van der Waals surface area contributed by atoms with Crippen molar-refractivity contribution in [1.29, 1.82) is 0 Å². The van der Waals surface area contributed by atoms with Gasteiger partial charge in [-0.05, 0) is 30.7 Å². The molecule has 7 heteroatoms. The zero-order chi connectivity index (χ0) is 15.3. The summed E-state index contributed by atoms with van der Waals surface area (Å²) in [5.41, 5.74) is 0.685. The highest BCUT2D eigenvalue weighted by Gasteiger charge is 2.25. The fourth-order valence-corrected chi connectivity index (χ4v) is 3.96. The number of hydrogen-bond donors (Lipinski definition) is 1. The second-order valence-corrected chi connectivity index (χ2v) is 7.31. The van der Waals surface area contributed by atoms with Crippen LogP contribution in [0.25, 0.3) is 0 Å². The minimum atomic E-state index is -3.61. The first-order valence-corrected chi connectivity index (χ1v) is 8.69.